The number of rotatable bonds is 5. The third-order valence-electron chi connectivity index (χ3n) is 2.18. The summed E-state index contributed by atoms with van der Waals surface area (Å²) in [5.74, 6) is -0.0938. The van der Waals surface area contributed by atoms with Crippen LogP contribution in [0, 0.1) is 17.2 Å². The first-order valence-electron chi connectivity index (χ1n) is 5.35. The molecule has 1 aromatic carbocycles. The number of carbonyl (C=O) groups is 1. The van der Waals surface area contributed by atoms with E-state index in [4.69, 9.17) is 10.00 Å². The lowest BCUT2D eigenvalue weighted by Crippen LogP contribution is -2.09. The topological polar surface area (TPSA) is 50.1 Å². The minimum absolute atomic E-state index is 0.163. The minimum Gasteiger partial charge on any atom is -0.494 e. The second-order valence-electron chi connectivity index (χ2n) is 3.59. The molecule has 1 unspecified atom stereocenters. The van der Waals surface area contributed by atoms with E-state index >= 15 is 0 Å². The molecule has 0 aliphatic carbocycles. The highest BCUT2D eigenvalue weighted by Gasteiger charge is 2.14. The van der Waals surface area contributed by atoms with Gasteiger partial charge in [-0.1, -0.05) is 19.1 Å². The predicted octanol–water partition coefficient (Wildman–Crippen LogP) is 2.82. The lowest BCUT2D eigenvalue weighted by atomic mass is 10.0. The lowest BCUT2D eigenvalue weighted by Gasteiger charge is -2.07. The van der Waals surface area contributed by atoms with Crippen LogP contribution in [0.25, 0.3) is 0 Å². The zero-order chi connectivity index (χ0) is 12.0. The molecule has 3 nitrogen and oxygen atoms in total. The Kier molecular flexibility index (Phi) is 4.53. The molecule has 0 aliphatic heterocycles. The third kappa shape index (κ3) is 3.09. The molecule has 0 amide bonds. The summed E-state index contributed by atoms with van der Waals surface area (Å²) in [6.07, 6.45) is 0.923. The molecule has 0 aliphatic rings. The molecule has 1 aromatic rings. The van der Waals surface area contributed by atoms with Gasteiger partial charge in [0.1, 0.15) is 11.7 Å². The van der Waals surface area contributed by atoms with Crippen molar-refractivity contribution in [3.05, 3.63) is 29.8 Å². The molecule has 0 N–H and O–H groups in total. The summed E-state index contributed by atoms with van der Waals surface area (Å²) < 4.78 is 5.42. The highest BCUT2D eigenvalue weighted by molar-refractivity contribution is 5.99. The molecule has 3 heteroatoms. The smallest absolute Gasteiger partial charge is 0.179 e. The molecule has 0 fully saturated rings. The molecule has 0 heterocycles. The van der Waals surface area contributed by atoms with E-state index in [1.54, 1.807) is 25.1 Å². The van der Waals surface area contributed by atoms with Crippen LogP contribution in [0.2, 0.25) is 0 Å². The van der Waals surface area contributed by atoms with Crippen molar-refractivity contribution in [2.75, 3.05) is 6.61 Å². The van der Waals surface area contributed by atoms with E-state index < -0.39 is 5.92 Å². The van der Waals surface area contributed by atoms with Crippen molar-refractivity contribution in [1.29, 1.82) is 5.26 Å². The van der Waals surface area contributed by atoms with Crippen LogP contribution >= 0.6 is 0 Å². The third-order valence-corrected chi connectivity index (χ3v) is 2.18. The van der Waals surface area contributed by atoms with Crippen LogP contribution in [0.5, 0.6) is 5.75 Å². The number of ether oxygens (including phenoxy) is 1. The largest absolute Gasteiger partial charge is 0.494 e. The van der Waals surface area contributed by atoms with Crippen molar-refractivity contribution in [2.24, 2.45) is 5.92 Å². The van der Waals surface area contributed by atoms with Crippen molar-refractivity contribution >= 4 is 5.78 Å². The molecular weight excluding hydrogens is 202 g/mol. The number of hydrogen-bond acceptors (Lipinski definition) is 3. The van der Waals surface area contributed by atoms with Crippen molar-refractivity contribution in [2.45, 2.75) is 20.3 Å². The average molecular weight is 217 g/mol. The second-order valence-corrected chi connectivity index (χ2v) is 3.59. The Morgan fingerprint density at radius 2 is 2.31 bits per heavy atom. The molecular formula is C13H15NO2. The second kappa shape index (κ2) is 5.92. The quantitative estimate of drug-likeness (QED) is 0.712. The van der Waals surface area contributed by atoms with E-state index in [0.29, 0.717) is 17.9 Å². The van der Waals surface area contributed by atoms with E-state index in [1.807, 2.05) is 19.1 Å². The maximum Gasteiger partial charge on any atom is 0.179 e. The van der Waals surface area contributed by atoms with Crippen LogP contribution in [-0.4, -0.2) is 12.4 Å². The number of Topliss-reactive ketones (excluding diaryl/α,β-unsaturated/α-hetero) is 1. The minimum atomic E-state index is -0.610. The van der Waals surface area contributed by atoms with Crippen molar-refractivity contribution < 1.29 is 9.53 Å². The van der Waals surface area contributed by atoms with Crippen molar-refractivity contribution in [3.63, 3.8) is 0 Å². The van der Waals surface area contributed by atoms with E-state index in [0.717, 1.165) is 6.42 Å². The van der Waals surface area contributed by atoms with E-state index in [-0.39, 0.29) is 5.78 Å². The zero-order valence-electron chi connectivity index (χ0n) is 9.56. The summed E-state index contributed by atoms with van der Waals surface area (Å²) in [7, 11) is 0. The van der Waals surface area contributed by atoms with Crippen LogP contribution in [-0.2, 0) is 0 Å². The molecule has 0 bridgehead atoms. The van der Waals surface area contributed by atoms with Gasteiger partial charge in [0.25, 0.3) is 0 Å². The Balaban J connectivity index is 2.82. The van der Waals surface area contributed by atoms with Crippen LogP contribution < -0.4 is 4.74 Å². The van der Waals surface area contributed by atoms with Gasteiger partial charge in [-0.3, -0.25) is 4.79 Å². The lowest BCUT2D eigenvalue weighted by molar-refractivity contribution is 0.0956. The average Bonchev–Trinajstić information content (AvgIpc) is 2.34. The van der Waals surface area contributed by atoms with Gasteiger partial charge >= 0.3 is 0 Å². The molecule has 0 aromatic heterocycles. The highest BCUT2D eigenvalue weighted by atomic mass is 16.5. The molecule has 0 saturated carbocycles. The molecule has 16 heavy (non-hydrogen) atoms. The van der Waals surface area contributed by atoms with Gasteiger partial charge in [0.15, 0.2) is 5.78 Å². The molecule has 84 valence electrons. The van der Waals surface area contributed by atoms with E-state index in [2.05, 4.69) is 0 Å². The van der Waals surface area contributed by atoms with Crippen molar-refractivity contribution in [3.8, 4) is 11.8 Å². The Bertz CT molecular complexity index is 407. The standard InChI is InChI=1S/C13H15NO2/c1-3-7-16-12-6-4-5-11(8-12)13(15)10(2)9-14/h4-6,8,10H,3,7H2,1-2H3. The number of carbonyl (C=O) groups excluding carboxylic acids is 1. The zero-order valence-corrected chi connectivity index (χ0v) is 9.56. The number of hydrogen-bond donors (Lipinski definition) is 0. The number of ketones is 1. The highest BCUT2D eigenvalue weighted by Crippen LogP contribution is 2.16. The molecule has 1 rings (SSSR count). The Morgan fingerprint density at radius 3 is 2.94 bits per heavy atom. The molecule has 1 atom stereocenters. The van der Waals surface area contributed by atoms with E-state index in [9.17, 15) is 4.79 Å². The van der Waals surface area contributed by atoms with Gasteiger partial charge in [-0.15, -0.1) is 0 Å². The van der Waals surface area contributed by atoms with Crippen LogP contribution in [0.1, 0.15) is 30.6 Å². The summed E-state index contributed by atoms with van der Waals surface area (Å²) >= 11 is 0. The van der Waals surface area contributed by atoms with Gasteiger partial charge in [-0.25, -0.2) is 0 Å². The maximum absolute atomic E-state index is 11.7. The summed E-state index contributed by atoms with van der Waals surface area (Å²) in [5, 5.41) is 8.68. The normalized spacial score (nSPS) is 11.6. The SMILES string of the molecule is CCCOc1cccc(C(=O)C(C)C#N)c1. The van der Waals surface area contributed by atoms with E-state index in [1.165, 1.54) is 0 Å². The summed E-state index contributed by atoms with van der Waals surface area (Å²) in [4.78, 5) is 11.7. The van der Waals surface area contributed by atoms with Gasteiger partial charge in [-0.2, -0.15) is 5.26 Å². The first-order valence-corrected chi connectivity index (χ1v) is 5.35. The summed E-state index contributed by atoms with van der Waals surface area (Å²) in [6, 6.07) is 8.90. The van der Waals surface area contributed by atoms with Gasteiger partial charge in [0.05, 0.1) is 12.7 Å². The first-order chi connectivity index (χ1) is 7.69. The number of nitriles is 1. The fourth-order valence-corrected chi connectivity index (χ4v) is 1.27. The molecule has 0 radical (unpaired) electrons. The fourth-order valence-electron chi connectivity index (χ4n) is 1.27. The fraction of sp³-hybridized carbons (Fsp3) is 0.385. The number of benzene rings is 1. The summed E-state index contributed by atoms with van der Waals surface area (Å²) in [6.45, 7) is 4.25. The Morgan fingerprint density at radius 1 is 1.56 bits per heavy atom. The van der Waals surface area contributed by atoms with Gasteiger partial charge in [-0.05, 0) is 25.5 Å². The van der Waals surface area contributed by atoms with Crippen LogP contribution in [0.15, 0.2) is 24.3 Å². The first kappa shape index (κ1) is 12.3. The molecule has 0 spiro atoms. The summed E-state index contributed by atoms with van der Waals surface area (Å²) in [5.41, 5.74) is 0.530. The van der Waals surface area contributed by atoms with Gasteiger partial charge in [0, 0.05) is 5.56 Å². The maximum atomic E-state index is 11.7. The van der Waals surface area contributed by atoms with Gasteiger partial charge < -0.3 is 4.74 Å². The molecule has 0 saturated heterocycles. The van der Waals surface area contributed by atoms with Gasteiger partial charge in [0.2, 0.25) is 0 Å². The van der Waals surface area contributed by atoms with Crippen LogP contribution in [0.4, 0.5) is 0 Å². The monoisotopic (exact) mass is 217 g/mol. The predicted molar refractivity (Wildman–Crippen MR) is 61.3 cm³/mol. The Hall–Kier alpha value is -1.82. The van der Waals surface area contributed by atoms with Crippen LogP contribution in [0.3, 0.4) is 0 Å². The number of nitrogens with zero attached hydrogens (tertiary/aromatic N) is 1. The van der Waals surface area contributed by atoms with Crippen molar-refractivity contribution in [1.82, 2.24) is 0 Å². The Labute approximate surface area is 95.7 Å².